The van der Waals surface area contributed by atoms with Crippen molar-refractivity contribution in [2.24, 2.45) is 0 Å². The lowest BCUT2D eigenvalue weighted by Gasteiger charge is -2.19. The second kappa shape index (κ2) is 6.51. The lowest BCUT2D eigenvalue weighted by atomic mass is 10.2. The summed E-state index contributed by atoms with van der Waals surface area (Å²) in [5.74, 6) is 0.875. The SMILES string of the molecule is CCC(O)CN(C)Cc1ccc(OC)cc1. The second-order valence-electron chi connectivity index (χ2n) is 4.11. The summed E-state index contributed by atoms with van der Waals surface area (Å²) in [5, 5.41) is 9.53. The highest BCUT2D eigenvalue weighted by molar-refractivity contribution is 5.26. The third-order valence-electron chi connectivity index (χ3n) is 2.61. The monoisotopic (exact) mass is 223 g/mol. The highest BCUT2D eigenvalue weighted by Gasteiger charge is 2.06. The highest BCUT2D eigenvalue weighted by Crippen LogP contribution is 2.12. The molecule has 0 radical (unpaired) electrons. The molecular formula is C13H21NO2. The van der Waals surface area contributed by atoms with Crippen molar-refractivity contribution < 1.29 is 9.84 Å². The smallest absolute Gasteiger partial charge is 0.118 e. The molecule has 1 aromatic rings. The molecule has 90 valence electrons. The average Bonchev–Trinajstić information content (AvgIpc) is 2.29. The van der Waals surface area contributed by atoms with Crippen LogP contribution in [0.3, 0.4) is 0 Å². The number of benzene rings is 1. The maximum atomic E-state index is 9.53. The third-order valence-corrected chi connectivity index (χ3v) is 2.61. The van der Waals surface area contributed by atoms with Gasteiger partial charge >= 0.3 is 0 Å². The molecule has 1 atom stereocenters. The van der Waals surface area contributed by atoms with Crippen LogP contribution in [0.1, 0.15) is 18.9 Å². The van der Waals surface area contributed by atoms with Gasteiger partial charge in [0, 0.05) is 13.1 Å². The Morgan fingerprint density at radius 3 is 2.44 bits per heavy atom. The summed E-state index contributed by atoms with van der Waals surface area (Å²) in [6.45, 7) is 3.55. The Morgan fingerprint density at radius 1 is 1.31 bits per heavy atom. The molecule has 1 unspecified atom stereocenters. The van der Waals surface area contributed by atoms with Crippen LogP contribution in [-0.2, 0) is 6.54 Å². The molecule has 1 rings (SSSR count). The minimum absolute atomic E-state index is 0.233. The van der Waals surface area contributed by atoms with Gasteiger partial charge in [-0.3, -0.25) is 4.90 Å². The Balaban J connectivity index is 2.46. The van der Waals surface area contributed by atoms with Crippen molar-refractivity contribution in [1.29, 1.82) is 0 Å². The molecule has 0 aliphatic heterocycles. The molecule has 0 bridgehead atoms. The summed E-state index contributed by atoms with van der Waals surface area (Å²) in [5.41, 5.74) is 1.23. The maximum absolute atomic E-state index is 9.53. The molecule has 1 aromatic carbocycles. The van der Waals surface area contributed by atoms with Gasteiger partial charge in [0.1, 0.15) is 5.75 Å². The van der Waals surface area contributed by atoms with Gasteiger partial charge in [-0.2, -0.15) is 0 Å². The molecule has 0 heterocycles. The quantitative estimate of drug-likeness (QED) is 0.799. The second-order valence-corrected chi connectivity index (χ2v) is 4.11. The Bertz CT molecular complexity index is 297. The number of hydrogen-bond acceptors (Lipinski definition) is 3. The van der Waals surface area contributed by atoms with Crippen molar-refractivity contribution in [1.82, 2.24) is 4.90 Å². The van der Waals surface area contributed by atoms with E-state index in [1.54, 1.807) is 7.11 Å². The third kappa shape index (κ3) is 4.21. The van der Waals surface area contributed by atoms with E-state index in [1.807, 2.05) is 38.2 Å². The Kier molecular flexibility index (Phi) is 5.29. The van der Waals surface area contributed by atoms with Crippen LogP contribution in [0, 0.1) is 0 Å². The molecule has 1 N–H and O–H groups in total. The van der Waals surface area contributed by atoms with Crippen LogP contribution in [0.25, 0.3) is 0 Å². The summed E-state index contributed by atoms with van der Waals surface area (Å²) in [6.07, 6.45) is 0.565. The largest absolute Gasteiger partial charge is 0.497 e. The fourth-order valence-corrected chi connectivity index (χ4v) is 1.60. The van der Waals surface area contributed by atoms with Crippen molar-refractivity contribution in [3.8, 4) is 5.75 Å². The van der Waals surface area contributed by atoms with Gasteiger partial charge in [0.05, 0.1) is 13.2 Å². The Labute approximate surface area is 97.7 Å². The molecule has 3 heteroatoms. The first-order chi connectivity index (χ1) is 7.65. The number of aliphatic hydroxyl groups is 1. The molecule has 0 fully saturated rings. The zero-order valence-corrected chi connectivity index (χ0v) is 10.3. The Hall–Kier alpha value is -1.06. The molecule has 0 aliphatic rings. The number of ether oxygens (including phenoxy) is 1. The van der Waals surface area contributed by atoms with Gasteiger partial charge in [-0.25, -0.2) is 0 Å². The highest BCUT2D eigenvalue weighted by atomic mass is 16.5. The Morgan fingerprint density at radius 2 is 1.94 bits per heavy atom. The average molecular weight is 223 g/mol. The van der Waals surface area contributed by atoms with Crippen molar-refractivity contribution in [3.05, 3.63) is 29.8 Å². The van der Waals surface area contributed by atoms with Gasteiger partial charge in [-0.1, -0.05) is 19.1 Å². The fourth-order valence-electron chi connectivity index (χ4n) is 1.60. The zero-order valence-electron chi connectivity index (χ0n) is 10.3. The number of nitrogens with zero attached hydrogens (tertiary/aromatic N) is 1. The lowest BCUT2D eigenvalue weighted by Crippen LogP contribution is -2.28. The van der Waals surface area contributed by atoms with Crippen LogP contribution in [-0.4, -0.2) is 36.8 Å². The number of methoxy groups -OCH3 is 1. The van der Waals surface area contributed by atoms with Gasteiger partial charge < -0.3 is 9.84 Å². The molecule has 16 heavy (non-hydrogen) atoms. The van der Waals surface area contributed by atoms with E-state index in [0.29, 0.717) is 6.54 Å². The first-order valence-electron chi connectivity index (χ1n) is 5.65. The molecule has 3 nitrogen and oxygen atoms in total. The topological polar surface area (TPSA) is 32.7 Å². The maximum Gasteiger partial charge on any atom is 0.118 e. The van der Waals surface area contributed by atoms with Crippen LogP contribution >= 0.6 is 0 Å². The zero-order chi connectivity index (χ0) is 12.0. The van der Waals surface area contributed by atoms with E-state index >= 15 is 0 Å². The first-order valence-corrected chi connectivity index (χ1v) is 5.65. The van der Waals surface area contributed by atoms with Crippen LogP contribution < -0.4 is 4.74 Å². The van der Waals surface area contributed by atoms with Crippen LogP contribution in [0.5, 0.6) is 5.75 Å². The minimum Gasteiger partial charge on any atom is -0.497 e. The number of hydrogen-bond donors (Lipinski definition) is 1. The van der Waals surface area contributed by atoms with Crippen LogP contribution in [0.15, 0.2) is 24.3 Å². The van der Waals surface area contributed by atoms with Gasteiger partial charge in [-0.15, -0.1) is 0 Å². The molecular weight excluding hydrogens is 202 g/mol. The fraction of sp³-hybridized carbons (Fsp3) is 0.538. The minimum atomic E-state index is -0.233. The molecule has 0 aromatic heterocycles. The van der Waals surface area contributed by atoms with E-state index in [4.69, 9.17) is 4.74 Å². The molecule has 0 spiro atoms. The van der Waals surface area contributed by atoms with Gasteiger partial charge in [-0.05, 0) is 31.2 Å². The van der Waals surface area contributed by atoms with Gasteiger partial charge in [0.2, 0.25) is 0 Å². The summed E-state index contributed by atoms with van der Waals surface area (Å²) in [6, 6.07) is 8.01. The predicted molar refractivity (Wildman–Crippen MR) is 65.6 cm³/mol. The molecule has 0 aliphatic carbocycles. The molecule has 0 amide bonds. The van der Waals surface area contributed by atoms with E-state index < -0.39 is 0 Å². The molecule has 0 saturated carbocycles. The summed E-state index contributed by atoms with van der Waals surface area (Å²) < 4.78 is 5.10. The van der Waals surface area contributed by atoms with E-state index in [-0.39, 0.29) is 6.10 Å². The number of rotatable bonds is 6. The van der Waals surface area contributed by atoms with Crippen molar-refractivity contribution in [2.45, 2.75) is 26.0 Å². The summed E-state index contributed by atoms with van der Waals surface area (Å²) >= 11 is 0. The van der Waals surface area contributed by atoms with E-state index in [9.17, 15) is 5.11 Å². The van der Waals surface area contributed by atoms with Crippen molar-refractivity contribution >= 4 is 0 Å². The summed E-state index contributed by atoms with van der Waals surface area (Å²) in [7, 11) is 3.68. The standard InChI is InChI=1S/C13H21NO2/c1-4-12(15)10-14(2)9-11-5-7-13(16-3)8-6-11/h5-8,12,15H,4,9-10H2,1-3H3. The number of likely N-dealkylation sites (N-methyl/N-ethyl adjacent to an activating group) is 1. The van der Waals surface area contributed by atoms with Gasteiger partial charge in [0.25, 0.3) is 0 Å². The number of aliphatic hydroxyl groups excluding tert-OH is 1. The predicted octanol–water partition coefficient (Wildman–Crippen LogP) is 1.90. The van der Waals surface area contributed by atoms with Gasteiger partial charge in [0.15, 0.2) is 0 Å². The van der Waals surface area contributed by atoms with Crippen molar-refractivity contribution in [3.63, 3.8) is 0 Å². The lowest BCUT2D eigenvalue weighted by molar-refractivity contribution is 0.119. The van der Waals surface area contributed by atoms with Crippen molar-refractivity contribution in [2.75, 3.05) is 20.7 Å². The van der Waals surface area contributed by atoms with E-state index in [0.717, 1.165) is 18.7 Å². The van der Waals surface area contributed by atoms with Crippen LogP contribution in [0.2, 0.25) is 0 Å². The first kappa shape index (κ1) is 13.0. The van der Waals surface area contributed by atoms with E-state index in [1.165, 1.54) is 5.56 Å². The normalized spacial score (nSPS) is 12.8. The van der Waals surface area contributed by atoms with E-state index in [2.05, 4.69) is 4.90 Å². The van der Waals surface area contributed by atoms with Crippen LogP contribution in [0.4, 0.5) is 0 Å². The molecule has 0 saturated heterocycles. The summed E-state index contributed by atoms with van der Waals surface area (Å²) in [4.78, 5) is 2.12.